The minimum absolute atomic E-state index is 0.366. The fourth-order valence-corrected chi connectivity index (χ4v) is 6.26. The van der Waals surface area contributed by atoms with E-state index in [0.717, 1.165) is 39.1 Å². The first-order chi connectivity index (χ1) is 10.6. The molecule has 0 spiro atoms. The number of sulfonamides is 1. The molecule has 0 aromatic heterocycles. The summed E-state index contributed by atoms with van der Waals surface area (Å²) in [5, 5.41) is 0. The van der Waals surface area contributed by atoms with Gasteiger partial charge in [-0.3, -0.25) is 4.90 Å². The summed E-state index contributed by atoms with van der Waals surface area (Å²) < 4.78 is 32.7. The smallest absolute Gasteiger partial charge is 0.214 e. The van der Waals surface area contributed by atoms with Crippen LogP contribution in [0.4, 0.5) is 0 Å². The Morgan fingerprint density at radius 1 is 1.05 bits per heavy atom. The van der Waals surface area contributed by atoms with Gasteiger partial charge < -0.3 is 4.74 Å². The van der Waals surface area contributed by atoms with Gasteiger partial charge in [0.05, 0.1) is 19.0 Å². The van der Waals surface area contributed by atoms with E-state index >= 15 is 0 Å². The van der Waals surface area contributed by atoms with E-state index in [1.807, 2.05) is 0 Å². The Bertz CT molecular complexity index is 456. The standard InChI is InChI=1S/C16H30N2O3S/c1-14-11-18(12-16(14)17-7-9-21-10-8-17)22(19,20)13-15-5-3-2-4-6-15/h14-16H,2-13H2,1H3/t14-,16-/m0/s1. The maximum absolute atomic E-state index is 12.8. The number of rotatable bonds is 4. The molecule has 3 aliphatic rings. The average Bonchev–Trinajstić information content (AvgIpc) is 2.92. The minimum atomic E-state index is -3.09. The molecule has 128 valence electrons. The molecule has 0 aromatic carbocycles. The zero-order valence-corrected chi connectivity index (χ0v) is 14.6. The van der Waals surface area contributed by atoms with Crippen molar-refractivity contribution in [3.63, 3.8) is 0 Å². The summed E-state index contributed by atoms with van der Waals surface area (Å²) in [5.41, 5.74) is 0. The van der Waals surface area contributed by atoms with Crippen molar-refractivity contribution in [2.75, 3.05) is 45.1 Å². The van der Waals surface area contributed by atoms with E-state index in [4.69, 9.17) is 4.74 Å². The van der Waals surface area contributed by atoms with Crippen LogP contribution in [0.5, 0.6) is 0 Å². The molecule has 1 saturated carbocycles. The van der Waals surface area contributed by atoms with Crippen LogP contribution in [0.25, 0.3) is 0 Å². The first-order valence-corrected chi connectivity index (χ1v) is 10.5. The molecular formula is C16H30N2O3S. The summed E-state index contributed by atoms with van der Waals surface area (Å²) in [5.74, 6) is 1.17. The molecule has 0 radical (unpaired) electrons. The van der Waals surface area contributed by atoms with E-state index in [9.17, 15) is 8.42 Å². The zero-order valence-electron chi connectivity index (χ0n) is 13.7. The Morgan fingerprint density at radius 3 is 2.41 bits per heavy atom. The van der Waals surface area contributed by atoms with E-state index in [1.165, 1.54) is 19.3 Å². The lowest BCUT2D eigenvalue weighted by atomic mass is 9.91. The molecular weight excluding hydrogens is 300 g/mol. The number of hydrogen-bond donors (Lipinski definition) is 0. The second-order valence-electron chi connectivity index (χ2n) is 7.29. The van der Waals surface area contributed by atoms with Crippen LogP contribution < -0.4 is 0 Å². The summed E-state index contributed by atoms with van der Waals surface area (Å²) >= 11 is 0. The summed E-state index contributed by atoms with van der Waals surface area (Å²) in [7, 11) is -3.09. The van der Waals surface area contributed by atoms with Crippen LogP contribution in [-0.4, -0.2) is 68.8 Å². The monoisotopic (exact) mass is 330 g/mol. The Balaban J connectivity index is 1.59. The van der Waals surface area contributed by atoms with Crippen LogP contribution in [0.15, 0.2) is 0 Å². The molecule has 5 nitrogen and oxygen atoms in total. The summed E-state index contributed by atoms with van der Waals surface area (Å²) in [6.07, 6.45) is 5.86. The van der Waals surface area contributed by atoms with Crippen LogP contribution in [-0.2, 0) is 14.8 Å². The summed E-state index contributed by atoms with van der Waals surface area (Å²) in [4.78, 5) is 2.42. The second-order valence-corrected chi connectivity index (χ2v) is 9.31. The highest BCUT2D eigenvalue weighted by atomic mass is 32.2. The van der Waals surface area contributed by atoms with Crippen LogP contribution in [0.1, 0.15) is 39.0 Å². The van der Waals surface area contributed by atoms with Crippen molar-refractivity contribution < 1.29 is 13.2 Å². The van der Waals surface area contributed by atoms with Gasteiger partial charge in [0, 0.05) is 32.2 Å². The normalized spacial score (nSPS) is 33.3. The third-order valence-corrected chi connectivity index (χ3v) is 7.60. The third-order valence-electron chi connectivity index (χ3n) is 5.62. The molecule has 0 bridgehead atoms. The maximum Gasteiger partial charge on any atom is 0.214 e. The predicted molar refractivity (Wildman–Crippen MR) is 87.3 cm³/mol. The minimum Gasteiger partial charge on any atom is -0.379 e. The van der Waals surface area contributed by atoms with E-state index in [1.54, 1.807) is 4.31 Å². The molecule has 3 fully saturated rings. The Morgan fingerprint density at radius 2 is 1.73 bits per heavy atom. The van der Waals surface area contributed by atoms with E-state index in [-0.39, 0.29) is 0 Å². The highest BCUT2D eigenvalue weighted by Gasteiger charge is 2.40. The molecule has 0 N–H and O–H groups in total. The van der Waals surface area contributed by atoms with Crippen molar-refractivity contribution in [2.24, 2.45) is 11.8 Å². The Labute approximate surface area is 135 Å². The molecule has 1 aliphatic carbocycles. The summed E-state index contributed by atoms with van der Waals surface area (Å²) in [6.45, 7) is 6.98. The molecule has 2 aliphatic heterocycles. The van der Waals surface area contributed by atoms with Gasteiger partial charge in [0.25, 0.3) is 0 Å². The van der Waals surface area contributed by atoms with Crippen molar-refractivity contribution in [3.05, 3.63) is 0 Å². The van der Waals surface area contributed by atoms with Crippen LogP contribution in [0.3, 0.4) is 0 Å². The fourth-order valence-electron chi connectivity index (χ4n) is 4.27. The van der Waals surface area contributed by atoms with Gasteiger partial charge in [-0.15, -0.1) is 0 Å². The number of nitrogens with zero attached hydrogens (tertiary/aromatic N) is 2. The van der Waals surface area contributed by atoms with E-state index < -0.39 is 10.0 Å². The first kappa shape index (κ1) is 16.7. The fraction of sp³-hybridized carbons (Fsp3) is 1.00. The van der Waals surface area contributed by atoms with Crippen molar-refractivity contribution in [3.8, 4) is 0 Å². The molecule has 22 heavy (non-hydrogen) atoms. The summed E-state index contributed by atoms with van der Waals surface area (Å²) in [6, 6.07) is 0.366. The molecule has 0 unspecified atom stereocenters. The lowest BCUT2D eigenvalue weighted by Gasteiger charge is -2.34. The SMILES string of the molecule is C[C@H]1CN(S(=O)(=O)CC2CCCCC2)C[C@@H]1N1CCOCC1. The Kier molecular flexibility index (Phi) is 5.43. The lowest BCUT2D eigenvalue weighted by Crippen LogP contribution is -2.47. The highest BCUT2D eigenvalue weighted by molar-refractivity contribution is 7.89. The predicted octanol–water partition coefficient (Wildman–Crippen LogP) is 1.55. The van der Waals surface area contributed by atoms with Gasteiger partial charge in [-0.05, 0) is 24.7 Å². The lowest BCUT2D eigenvalue weighted by molar-refractivity contribution is 0.0126. The van der Waals surface area contributed by atoms with Crippen LogP contribution in [0.2, 0.25) is 0 Å². The molecule has 0 amide bonds. The first-order valence-electron chi connectivity index (χ1n) is 8.86. The molecule has 6 heteroatoms. The molecule has 2 heterocycles. The molecule has 3 rings (SSSR count). The van der Waals surface area contributed by atoms with E-state index in [2.05, 4.69) is 11.8 Å². The van der Waals surface area contributed by atoms with Gasteiger partial charge in [-0.1, -0.05) is 26.2 Å². The van der Waals surface area contributed by atoms with Gasteiger partial charge in [0.2, 0.25) is 10.0 Å². The van der Waals surface area contributed by atoms with E-state index in [0.29, 0.717) is 36.7 Å². The van der Waals surface area contributed by atoms with Gasteiger partial charge in [0.15, 0.2) is 0 Å². The van der Waals surface area contributed by atoms with Gasteiger partial charge in [0.1, 0.15) is 0 Å². The van der Waals surface area contributed by atoms with Crippen molar-refractivity contribution in [1.29, 1.82) is 0 Å². The van der Waals surface area contributed by atoms with Crippen molar-refractivity contribution in [2.45, 2.75) is 45.1 Å². The highest BCUT2D eigenvalue weighted by Crippen LogP contribution is 2.29. The van der Waals surface area contributed by atoms with Crippen LogP contribution >= 0.6 is 0 Å². The zero-order chi connectivity index (χ0) is 15.6. The number of morpholine rings is 1. The van der Waals surface area contributed by atoms with Gasteiger partial charge >= 0.3 is 0 Å². The van der Waals surface area contributed by atoms with Crippen molar-refractivity contribution in [1.82, 2.24) is 9.21 Å². The van der Waals surface area contributed by atoms with Crippen LogP contribution in [0, 0.1) is 11.8 Å². The largest absolute Gasteiger partial charge is 0.379 e. The van der Waals surface area contributed by atoms with Crippen molar-refractivity contribution >= 4 is 10.0 Å². The number of hydrogen-bond acceptors (Lipinski definition) is 4. The second kappa shape index (κ2) is 7.16. The Hall–Kier alpha value is -0.170. The average molecular weight is 330 g/mol. The number of ether oxygens (including phenoxy) is 1. The third kappa shape index (κ3) is 3.83. The van der Waals surface area contributed by atoms with Gasteiger partial charge in [-0.2, -0.15) is 0 Å². The van der Waals surface area contributed by atoms with Gasteiger partial charge in [-0.25, -0.2) is 12.7 Å². The topological polar surface area (TPSA) is 49.9 Å². The molecule has 0 aromatic rings. The maximum atomic E-state index is 12.8. The quantitative estimate of drug-likeness (QED) is 0.785. The molecule has 2 saturated heterocycles. The molecule has 2 atom stereocenters.